The van der Waals surface area contributed by atoms with Gasteiger partial charge >= 0.3 is 5.91 Å². The molecule has 1 aromatic heterocycles. The minimum Gasteiger partial charge on any atom is -0.628 e. The van der Waals surface area contributed by atoms with Crippen LogP contribution < -0.4 is 5.48 Å². The quantitative estimate of drug-likeness (QED) is 0.507. The lowest BCUT2D eigenvalue weighted by Crippen LogP contribution is -2.81. The molecular weight excluding hydrogens is 148 g/mol. The summed E-state index contributed by atoms with van der Waals surface area (Å²) in [6.45, 7) is 0. The van der Waals surface area contributed by atoms with Crippen LogP contribution in [0.25, 0.3) is 0 Å². The zero-order chi connectivity index (χ0) is 8.27. The fourth-order valence-electron chi connectivity index (χ4n) is 0.658. The maximum absolute atomic E-state index is 10.7. The summed E-state index contributed by atoms with van der Waals surface area (Å²) < 4.78 is 0. The second kappa shape index (κ2) is 3.09. The maximum Gasteiger partial charge on any atom is 0.346 e. The molecule has 0 aliphatic heterocycles. The number of carbonyl (C=O) groups excluding carboxylic acids is 1. The van der Waals surface area contributed by atoms with Gasteiger partial charge in [0.15, 0.2) is 5.75 Å². The molecule has 1 heterocycles. The number of aromatic hydroxyl groups is 1. The second-order valence-corrected chi connectivity index (χ2v) is 1.87. The molecule has 1 amide bonds. The molecular formula is C6H6N2O3. The lowest BCUT2D eigenvalue weighted by Gasteiger charge is -2.00. The number of amides is 1. The first-order valence-corrected chi connectivity index (χ1v) is 2.88. The molecule has 0 unspecified atom stereocenters. The van der Waals surface area contributed by atoms with Crippen LogP contribution in [0.4, 0.5) is 0 Å². The van der Waals surface area contributed by atoms with E-state index in [4.69, 9.17) is 5.11 Å². The monoisotopic (exact) mass is 154 g/mol. The van der Waals surface area contributed by atoms with Gasteiger partial charge in [-0.05, 0) is 6.07 Å². The van der Waals surface area contributed by atoms with Gasteiger partial charge in [0.05, 0.1) is 6.20 Å². The Bertz CT molecular complexity index is 274. The summed E-state index contributed by atoms with van der Waals surface area (Å²) in [6, 6.07) is 1.28. The van der Waals surface area contributed by atoms with Gasteiger partial charge in [-0.1, -0.05) is 0 Å². The van der Waals surface area contributed by atoms with E-state index in [1.807, 2.05) is 0 Å². The van der Waals surface area contributed by atoms with E-state index in [1.165, 1.54) is 12.3 Å². The molecule has 0 saturated carbocycles. The Morgan fingerprint density at radius 2 is 2.45 bits per heavy atom. The molecule has 0 aliphatic carbocycles. The summed E-state index contributed by atoms with van der Waals surface area (Å²) in [5.74, 6) is -1.02. The molecule has 58 valence electrons. The van der Waals surface area contributed by atoms with Crippen LogP contribution in [-0.4, -0.2) is 16.0 Å². The highest BCUT2D eigenvalue weighted by Gasteiger charge is 2.10. The Morgan fingerprint density at radius 1 is 1.73 bits per heavy atom. The van der Waals surface area contributed by atoms with E-state index in [-0.39, 0.29) is 16.8 Å². The lowest BCUT2D eigenvalue weighted by atomic mass is 10.2. The van der Waals surface area contributed by atoms with E-state index >= 15 is 0 Å². The molecule has 5 heteroatoms. The van der Waals surface area contributed by atoms with Crippen molar-refractivity contribution in [1.82, 2.24) is 4.98 Å². The van der Waals surface area contributed by atoms with E-state index in [1.54, 1.807) is 0 Å². The van der Waals surface area contributed by atoms with Gasteiger partial charge in [-0.3, -0.25) is 4.98 Å². The van der Waals surface area contributed by atoms with E-state index < -0.39 is 5.91 Å². The number of hydrogen-bond acceptors (Lipinski definition) is 4. The molecule has 0 fully saturated rings. The maximum atomic E-state index is 10.7. The van der Waals surface area contributed by atoms with E-state index in [2.05, 4.69) is 4.98 Å². The number of pyridine rings is 1. The van der Waals surface area contributed by atoms with Crippen molar-refractivity contribution in [3.63, 3.8) is 0 Å². The Morgan fingerprint density at radius 3 is 3.00 bits per heavy atom. The van der Waals surface area contributed by atoms with Crippen molar-refractivity contribution in [2.45, 2.75) is 0 Å². The molecule has 0 bridgehead atoms. The molecule has 0 aliphatic rings. The molecule has 0 aromatic carbocycles. The van der Waals surface area contributed by atoms with Gasteiger partial charge in [0.2, 0.25) is 0 Å². The van der Waals surface area contributed by atoms with Gasteiger partial charge in [-0.2, -0.15) is 0 Å². The number of aromatic nitrogens is 1. The molecule has 11 heavy (non-hydrogen) atoms. The summed E-state index contributed by atoms with van der Waals surface area (Å²) >= 11 is 0. The predicted molar refractivity (Wildman–Crippen MR) is 35.5 cm³/mol. The summed E-state index contributed by atoms with van der Waals surface area (Å²) in [6.07, 6.45) is 2.44. The van der Waals surface area contributed by atoms with Crippen molar-refractivity contribution in [2.24, 2.45) is 0 Å². The molecule has 0 saturated heterocycles. The molecule has 5 nitrogen and oxygen atoms in total. The highest BCUT2D eigenvalue weighted by Crippen LogP contribution is 2.11. The van der Waals surface area contributed by atoms with Crippen LogP contribution in [0.1, 0.15) is 10.4 Å². The van der Waals surface area contributed by atoms with Crippen LogP contribution in [0.2, 0.25) is 0 Å². The lowest BCUT2D eigenvalue weighted by molar-refractivity contribution is -0.482. The fourth-order valence-corrected chi connectivity index (χ4v) is 0.658. The van der Waals surface area contributed by atoms with Gasteiger partial charge in [-0.25, -0.2) is 4.79 Å². The highest BCUT2D eigenvalue weighted by molar-refractivity contribution is 5.89. The Kier molecular flexibility index (Phi) is 2.15. The number of hydrogen-bond donors (Lipinski definition) is 2. The third kappa shape index (κ3) is 1.51. The van der Waals surface area contributed by atoms with Crippen molar-refractivity contribution in [1.29, 1.82) is 0 Å². The number of nitrogens with zero attached hydrogens (tertiary/aromatic N) is 1. The standard InChI is InChI=1S/C6H6N2O3/c9-5-3-7-2-1-4(5)6(10)8-11/h1-3,9H,8H2. The Hall–Kier alpha value is -1.46. The summed E-state index contributed by atoms with van der Waals surface area (Å²) in [5.41, 5.74) is 0.129. The van der Waals surface area contributed by atoms with Crippen LogP contribution in [0.15, 0.2) is 18.5 Å². The summed E-state index contributed by atoms with van der Waals surface area (Å²) in [4.78, 5) is 14.2. The minimum absolute atomic E-state index is 0.0185. The third-order valence-corrected chi connectivity index (χ3v) is 1.17. The molecule has 0 radical (unpaired) electrons. The largest absolute Gasteiger partial charge is 0.628 e. The molecule has 3 N–H and O–H groups in total. The van der Waals surface area contributed by atoms with Gasteiger partial charge < -0.3 is 15.8 Å². The zero-order valence-electron chi connectivity index (χ0n) is 5.52. The number of hydroxylamine groups is 1. The molecule has 0 atom stereocenters. The van der Waals surface area contributed by atoms with Crippen molar-refractivity contribution in [3.8, 4) is 5.75 Å². The van der Waals surface area contributed by atoms with Crippen LogP contribution in [0, 0.1) is 5.21 Å². The Balaban J connectivity index is 3.03. The minimum atomic E-state index is -0.745. The average Bonchev–Trinajstić information content (AvgIpc) is 2.04. The normalized spacial score (nSPS) is 9.55. The number of carbonyl (C=O) groups is 1. The van der Waals surface area contributed by atoms with Gasteiger partial charge in [0, 0.05) is 6.20 Å². The van der Waals surface area contributed by atoms with Crippen LogP contribution >= 0.6 is 0 Å². The number of rotatable bonds is 1. The van der Waals surface area contributed by atoms with E-state index in [9.17, 15) is 10.0 Å². The van der Waals surface area contributed by atoms with Crippen molar-refractivity contribution in [2.75, 3.05) is 0 Å². The smallest absolute Gasteiger partial charge is 0.346 e. The number of quaternary nitrogens is 1. The van der Waals surface area contributed by atoms with Crippen molar-refractivity contribution in [3.05, 3.63) is 29.2 Å². The van der Waals surface area contributed by atoms with Gasteiger partial charge in [0.25, 0.3) is 0 Å². The van der Waals surface area contributed by atoms with E-state index in [0.717, 1.165) is 6.20 Å². The SMILES string of the molecule is O=C([NH2+][O-])c1ccncc1O. The summed E-state index contributed by atoms with van der Waals surface area (Å²) in [5, 5.41) is 18.9. The van der Waals surface area contributed by atoms with Crippen molar-refractivity contribution < 1.29 is 15.4 Å². The number of primary amides is 1. The predicted octanol–water partition coefficient (Wildman–Crippen LogP) is -1.01. The van der Waals surface area contributed by atoms with Crippen LogP contribution in [0.3, 0.4) is 0 Å². The first-order chi connectivity index (χ1) is 5.25. The van der Waals surface area contributed by atoms with Crippen LogP contribution in [0.5, 0.6) is 5.75 Å². The van der Waals surface area contributed by atoms with Gasteiger partial charge in [0.1, 0.15) is 5.56 Å². The fraction of sp³-hybridized carbons (Fsp3) is 0. The molecule has 1 aromatic rings. The van der Waals surface area contributed by atoms with Crippen molar-refractivity contribution >= 4 is 5.91 Å². The zero-order valence-corrected chi connectivity index (χ0v) is 5.52. The topological polar surface area (TPSA) is 89.9 Å². The Labute approximate surface area is 62.3 Å². The van der Waals surface area contributed by atoms with E-state index in [0.29, 0.717) is 0 Å². The average molecular weight is 154 g/mol. The number of nitrogens with two attached hydrogens (primary N) is 1. The molecule has 0 spiro atoms. The second-order valence-electron chi connectivity index (χ2n) is 1.87. The first-order valence-electron chi connectivity index (χ1n) is 2.88. The first kappa shape index (κ1) is 7.64. The highest BCUT2D eigenvalue weighted by atomic mass is 16.5. The third-order valence-electron chi connectivity index (χ3n) is 1.17. The summed E-state index contributed by atoms with van der Waals surface area (Å²) in [7, 11) is 0. The van der Waals surface area contributed by atoms with Gasteiger partial charge in [-0.15, -0.1) is 0 Å². The molecule has 1 rings (SSSR count). The van der Waals surface area contributed by atoms with Crippen LogP contribution in [-0.2, 0) is 0 Å².